The van der Waals surface area contributed by atoms with Gasteiger partial charge in [0.15, 0.2) is 0 Å². The summed E-state index contributed by atoms with van der Waals surface area (Å²) in [6.07, 6.45) is 0.342. The predicted molar refractivity (Wildman–Crippen MR) is 143 cm³/mol. The van der Waals surface area contributed by atoms with Crippen LogP contribution in [0.4, 0.5) is 5.69 Å². The fraction of sp³-hybridized carbons (Fsp3) is 0.233. The van der Waals surface area contributed by atoms with Crippen LogP contribution < -0.4 is 10.1 Å². The third kappa shape index (κ3) is 5.56. The van der Waals surface area contributed by atoms with Crippen molar-refractivity contribution in [3.63, 3.8) is 0 Å². The van der Waals surface area contributed by atoms with Gasteiger partial charge in [0, 0.05) is 23.2 Å². The average Bonchev–Trinajstić information content (AvgIpc) is 3.15. The lowest BCUT2D eigenvalue weighted by Crippen LogP contribution is -2.18. The normalized spacial score (nSPS) is 10.9. The SMILES string of the molecule is CCOC(=O)c1c(C)n(-c2ccccc2)c2ccc(OC(=O)c3ccccc3NC(=O)CC(C)C)cc12. The average molecular weight is 499 g/mol. The van der Waals surface area contributed by atoms with Crippen LogP contribution in [-0.4, -0.2) is 29.0 Å². The first-order valence-electron chi connectivity index (χ1n) is 12.3. The smallest absolute Gasteiger partial charge is 0.345 e. The number of carbonyl (C=O) groups is 3. The van der Waals surface area contributed by atoms with Gasteiger partial charge in [-0.15, -0.1) is 0 Å². The number of para-hydroxylation sites is 2. The molecular weight excluding hydrogens is 468 g/mol. The van der Waals surface area contributed by atoms with Gasteiger partial charge in [0.05, 0.1) is 28.9 Å². The molecule has 0 aliphatic carbocycles. The van der Waals surface area contributed by atoms with Gasteiger partial charge in [0.25, 0.3) is 0 Å². The third-order valence-corrected chi connectivity index (χ3v) is 5.89. The molecule has 0 bridgehead atoms. The van der Waals surface area contributed by atoms with E-state index in [1.165, 1.54) is 0 Å². The van der Waals surface area contributed by atoms with Crippen LogP contribution in [0.2, 0.25) is 0 Å². The molecule has 1 heterocycles. The second-order valence-electron chi connectivity index (χ2n) is 9.11. The fourth-order valence-electron chi connectivity index (χ4n) is 4.34. The van der Waals surface area contributed by atoms with Crippen LogP contribution in [-0.2, 0) is 9.53 Å². The fourth-order valence-corrected chi connectivity index (χ4v) is 4.34. The van der Waals surface area contributed by atoms with Crippen LogP contribution in [0.3, 0.4) is 0 Å². The van der Waals surface area contributed by atoms with E-state index in [1.54, 1.807) is 43.3 Å². The molecule has 4 rings (SSSR count). The number of hydrogen-bond acceptors (Lipinski definition) is 5. The number of hydrogen-bond donors (Lipinski definition) is 1. The van der Waals surface area contributed by atoms with Gasteiger partial charge < -0.3 is 19.4 Å². The van der Waals surface area contributed by atoms with Crippen LogP contribution in [0.25, 0.3) is 16.6 Å². The van der Waals surface area contributed by atoms with Crippen LogP contribution in [0.15, 0.2) is 72.8 Å². The molecule has 0 saturated carbocycles. The minimum Gasteiger partial charge on any atom is -0.462 e. The highest BCUT2D eigenvalue weighted by Gasteiger charge is 2.23. The minimum absolute atomic E-state index is 0.173. The Labute approximate surface area is 216 Å². The quantitative estimate of drug-likeness (QED) is 0.227. The predicted octanol–water partition coefficient (Wildman–Crippen LogP) is 6.32. The van der Waals surface area contributed by atoms with Crippen molar-refractivity contribution in [3.05, 3.63) is 89.6 Å². The zero-order valence-corrected chi connectivity index (χ0v) is 21.4. The molecule has 7 heteroatoms. The molecule has 1 N–H and O–H groups in total. The van der Waals surface area contributed by atoms with E-state index in [0.29, 0.717) is 23.1 Å². The summed E-state index contributed by atoms with van der Waals surface area (Å²) >= 11 is 0. The number of ether oxygens (including phenoxy) is 2. The Morgan fingerprint density at radius 3 is 2.32 bits per heavy atom. The van der Waals surface area contributed by atoms with Crippen molar-refractivity contribution < 1.29 is 23.9 Å². The Balaban J connectivity index is 1.71. The number of carbonyl (C=O) groups excluding carboxylic acids is 3. The number of nitrogens with zero attached hydrogens (tertiary/aromatic N) is 1. The molecule has 0 spiro atoms. The topological polar surface area (TPSA) is 86.6 Å². The maximum atomic E-state index is 13.1. The lowest BCUT2D eigenvalue weighted by atomic mass is 10.1. The number of fused-ring (bicyclic) bond motifs is 1. The number of anilines is 1. The first-order chi connectivity index (χ1) is 17.8. The van der Waals surface area contributed by atoms with Gasteiger partial charge in [-0.3, -0.25) is 4.79 Å². The van der Waals surface area contributed by atoms with Crippen molar-refractivity contribution in [1.29, 1.82) is 0 Å². The molecule has 0 radical (unpaired) electrons. The zero-order chi connectivity index (χ0) is 26.5. The Kier molecular flexibility index (Phi) is 7.72. The van der Waals surface area contributed by atoms with Gasteiger partial charge in [0.2, 0.25) is 5.91 Å². The summed E-state index contributed by atoms with van der Waals surface area (Å²) in [6, 6.07) is 21.6. The standard InChI is InChI=1S/C30H30N2O5/c1-5-36-30(35)28-20(4)32(21-11-7-6-8-12-21)26-16-15-22(18-24(26)28)37-29(34)23-13-9-10-14-25(23)31-27(33)17-19(2)3/h6-16,18-19H,5,17H2,1-4H3,(H,31,33). The Hall–Kier alpha value is -4.39. The Bertz CT molecular complexity index is 1450. The summed E-state index contributed by atoms with van der Waals surface area (Å²) in [5.74, 6) is -0.769. The van der Waals surface area contributed by atoms with E-state index in [4.69, 9.17) is 9.47 Å². The van der Waals surface area contributed by atoms with E-state index < -0.39 is 11.9 Å². The maximum absolute atomic E-state index is 13.1. The molecule has 1 aromatic heterocycles. The molecule has 4 aromatic rings. The lowest BCUT2D eigenvalue weighted by Gasteiger charge is -2.12. The Morgan fingerprint density at radius 1 is 0.919 bits per heavy atom. The summed E-state index contributed by atoms with van der Waals surface area (Å²) in [5, 5.41) is 3.42. The molecule has 0 aliphatic rings. The highest BCUT2D eigenvalue weighted by Crippen LogP contribution is 2.33. The highest BCUT2D eigenvalue weighted by atomic mass is 16.5. The summed E-state index contributed by atoms with van der Waals surface area (Å²) in [5.41, 5.74) is 3.45. The van der Waals surface area contributed by atoms with E-state index >= 15 is 0 Å². The number of esters is 2. The Morgan fingerprint density at radius 2 is 1.62 bits per heavy atom. The molecule has 190 valence electrons. The number of amides is 1. The van der Waals surface area contributed by atoms with Crippen molar-refractivity contribution in [2.24, 2.45) is 5.92 Å². The lowest BCUT2D eigenvalue weighted by molar-refractivity contribution is -0.116. The molecule has 0 aliphatic heterocycles. The summed E-state index contributed by atoms with van der Waals surface area (Å²) in [4.78, 5) is 38.3. The van der Waals surface area contributed by atoms with E-state index in [-0.39, 0.29) is 29.7 Å². The molecule has 3 aromatic carbocycles. The monoisotopic (exact) mass is 498 g/mol. The molecule has 7 nitrogen and oxygen atoms in total. The van der Waals surface area contributed by atoms with Crippen molar-refractivity contribution in [2.75, 3.05) is 11.9 Å². The zero-order valence-electron chi connectivity index (χ0n) is 21.4. The van der Waals surface area contributed by atoms with E-state index in [9.17, 15) is 14.4 Å². The van der Waals surface area contributed by atoms with E-state index in [2.05, 4.69) is 5.32 Å². The molecule has 0 fully saturated rings. The van der Waals surface area contributed by atoms with Gasteiger partial charge in [-0.1, -0.05) is 44.2 Å². The molecule has 1 amide bonds. The van der Waals surface area contributed by atoms with Gasteiger partial charge in [-0.25, -0.2) is 9.59 Å². The van der Waals surface area contributed by atoms with Crippen molar-refractivity contribution in [1.82, 2.24) is 4.57 Å². The summed E-state index contributed by atoms with van der Waals surface area (Å²) < 4.78 is 13.0. The molecular formula is C30H30N2O5. The first-order valence-corrected chi connectivity index (χ1v) is 12.3. The molecule has 0 unspecified atom stereocenters. The third-order valence-electron chi connectivity index (χ3n) is 5.89. The van der Waals surface area contributed by atoms with Crippen molar-refractivity contribution in [2.45, 2.75) is 34.1 Å². The number of rotatable bonds is 8. The minimum atomic E-state index is -0.614. The number of nitrogens with one attached hydrogen (secondary N) is 1. The van der Waals surface area contributed by atoms with Gasteiger partial charge >= 0.3 is 11.9 Å². The van der Waals surface area contributed by atoms with Gasteiger partial charge in [0.1, 0.15) is 5.75 Å². The van der Waals surface area contributed by atoms with E-state index in [0.717, 1.165) is 16.9 Å². The van der Waals surface area contributed by atoms with Crippen molar-refractivity contribution >= 4 is 34.4 Å². The van der Waals surface area contributed by atoms with Crippen LogP contribution in [0, 0.1) is 12.8 Å². The molecule has 37 heavy (non-hydrogen) atoms. The van der Waals surface area contributed by atoms with Crippen molar-refractivity contribution in [3.8, 4) is 11.4 Å². The second-order valence-corrected chi connectivity index (χ2v) is 9.11. The van der Waals surface area contributed by atoms with Crippen LogP contribution >= 0.6 is 0 Å². The van der Waals surface area contributed by atoms with Gasteiger partial charge in [-0.05, 0) is 62.2 Å². The largest absolute Gasteiger partial charge is 0.462 e. The second kappa shape index (κ2) is 11.1. The van der Waals surface area contributed by atoms with Crippen LogP contribution in [0.1, 0.15) is 53.6 Å². The number of aromatic nitrogens is 1. The van der Waals surface area contributed by atoms with Gasteiger partial charge in [-0.2, -0.15) is 0 Å². The summed E-state index contributed by atoms with van der Waals surface area (Å²) in [6.45, 7) is 7.76. The highest BCUT2D eigenvalue weighted by molar-refractivity contribution is 6.07. The van der Waals surface area contributed by atoms with Crippen LogP contribution in [0.5, 0.6) is 5.75 Å². The first kappa shape index (κ1) is 25.7. The maximum Gasteiger partial charge on any atom is 0.345 e. The van der Waals surface area contributed by atoms with E-state index in [1.807, 2.05) is 61.7 Å². The summed E-state index contributed by atoms with van der Waals surface area (Å²) in [7, 11) is 0. The molecule has 0 atom stereocenters. The number of benzene rings is 3. The molecule has 0 saturated heterocycles.